The van der Waals surface area contributed by atoms with Crippen molar-refractivity contribution in [3.8, 4) is 0 Å². The van der Waals surface area contributed by atoms with Crippen LogP contribution in [0.1, 0.15) is 30.1 Å². The molecule has 0 radical (unpaired) electrons. The van der Waals surface area contributed by atoms with Gasteiger partial charge in [0.2, 0.25) is 0 Å². The predicted octanol–water partition coefficient (Wildman–Crippen LogP) is 1.04. The summed E-state index contributed by atoms with van der Waals surface area (Å²) in [5.41, 5.74) is 5.61. The normalized spacial score (nSPS) is 10.4. The molecule has 0 unspecified atom stereocenters. The smallest absolute Gasteiger partial charge is 0.257 e. The number of anilines is 1. The largest absolute Gasteiger partial charge is 0.395 e. The molecule has 1 rings (SSSR count). The highest BCUT2D eigenvalue weighted by atomic mass is 19.1. The number of nitrogens with zero attached hydrogens (tertiary/aromatic N) is 2. The van der Waals surface area contributed by atoms with E-state index in [-0.39, 0.29) is 24.5 Å². The first-order valence-electron chi connectivity index (χ1n) is 5.91. The van der Waals surface area contributed by atoms with Crippen LogP contribution in [0.15, 0.2) is 12.3 Å². The first kappa shape index (κ1) is 14.4. The van der Waals surface area contributed by atoms with Gasteiger partial charge in [0, 0.05) is 13.1 Å². The van der Waals surface area contributed by atoms with Gasteiger partial charge in [-0.05, 0) is 12.5 Å². The number of carbonyl (C=O) groups excluding carboxylic acids is 1. The summed E-state index contributed by atoms with van der Waals surface area (Å²) in [5.74, 6) is -1.00. The van der Waals surface area contributed by atoms with E-state index in [0.29, 0.717) is 6.54 Å². The molecule has 18 heavy (non-hydrogen) atoms. The van der Waals surface area contributed by atoms with Gasteiger partial charge in [-0.1, -0.05) is 13.3 Å². The number of nitrogen functional groups attached to an aromatic ring is 1. The molecule has 5 nitrogen and oxygen atoms in total. The van der Waals surface area contributed by atoms with Crippen molar-refractivity contribution in [2.75, 3.05) is 25.4 Å². The number of pyridine rings is 1. The van der Waals surface area contributed by atoms with Crippen molar-refractivity contribution in [2.24, 2.45) is 0 Å². The second kappa shape index (κ2) is 6.90. The van der Waals surface area contributed by atoms with Crippen LogP contribution in [-0.4, -0.2) is 40.6 Å². The molecule has 1 amide bonds. The molecule has 1 aromatic rings. The highest BCUT2D eigenvalue weighted by Gasteiger charge is 2.18. The van der Waals surface area contributed by atoms with Gasteiger partial charge in [-0.15, -0.1) is 0 Å². The Morgan fingerprint density at radius 2 is 2.28 bits per heavy atom. The van der Waals surface area contributed by atoms with Crippen molar-refractivity contribution >= 4 is 11.7 Å². The van der Waals surface area contributed by atoms with Crippen LogP contribution in [0.5, 0.6) is 0 Å². The van der Waals surface area contributed by atoms with Crippen LogP contribution in [0.25, 0.3) is 0 Å². The summed E-state index contributed by atoms with van der Waals surface area (Å²) in [6.45, 7) is 2.57. The Hall–Kier alpha value is -1.69. The zero-order chi connectivity index (χ0) is 13.5. The summed E-state index contributed by atoms with van der Waals surface area (Å²) in [6, 6.07) is 1.07. The number of carbonyl (C=O) groups is 1. The Balaban J connectivity index is 2.90. The van der Waals surface area contributed by atoms with Gasteiger partial charge in [-0.25, -0.2) is 9.37 Å². The van der Waals surface area contributed by atoms with Crippen LogP contribution in [0, 0.1) is 5.82 Å². The third-order valence-corrected chi connectivity index (χ3v) is 2.55. The Labute approximate surface area is 105 Å². The Kier molecular flexibility index (Phi) is 5.51. The van der Waals surface area contributed by atoms with Crippen LogP contribution >= 0.6 is 0 Å². The van der Waals surface area contributed by atoms with Crippen molar-refractivity contribution < 1.29 is 14.3 Å². The zero-order valence-corrected chi connectivity index (χ0v) is 10.4. The van der Waals surface area contributed by atoms with Gasteiger partial charge in [0.15, 0.2) is 0 Å². The lowest BCUT2D eigenvalue weighted by Crippen LogP contribution is -2.35. The fraction of sp³-hybridized carbons (Fsp3) is 0.500. The molecule has 3 N–H and O–H groups in total. The third-order valence-electron chi connectivity index (χ3n) is 2.55. The van der Waals surface area contributed by atoms with Crippen molar-refractivity contribution in [1.82, 2.24) is 9.88 Å². The summed E-state index contributed by atoms with van der Waals surface area (Å²) in [4.78, 5) is 17.2. The first-order chi connectivity index (χ1) is 8.60. The second-order valence-electron chi connectivity index (χ2n) is 3.96. The van der Waals surface area contributed by atoms with Gasteiger partial charge in [-0.2, -0.15) is 0 Å². The van der Waals surface area contributed by atoms with E-state index in [1.165, 1.54) is 4.90 Å². The van der Waals surface area contributed by atoms with Crippen LogP contribution in [-0.2, 0) is 0 Å². The number of hydrogen-bond donors (Lipinski definition) is 2. The number of halogens is 1. The zero-order valence-electron chi connectivity index (χ0n) is 10.4. The monoisotopic (exact) mass is 255 g/mol. The lowest BCUT2D eigenvalue weighted by Gasteiger charge is -2.22. The average molecular weight is 255 g/mol. The van der Waals surface area contributed by atoms with Crippen LogP contribution < -0.4 is 5.73 Å². The Morgan fingerprint density at radius 1 is 1.56 bits per heavy atom. The summed E-state index contributed by atoms with van der Waals surface area (Å²) >= 11 is 0. The SMILES string of the molecule is CCCCN(CCO)C(=O)c1cc(F)cnc1N. The molecule has 0 bridgehead atoms. The minimum Gasteiger partial charge on any atom is -0.395 e. The van der Waals surface area contributed by atoms with E-state index in [9.17, 15) is 9.18 Å². The molecular formula is C12H18FN3O2. The molecule has 1 aromatic heterocycles. The summed E-state index contributed by atoms with van der Waals surface area (Å²) in [7, 11) is 0. The van der Waals surface area contributed by atoms with Crippen LogP contribution in [0.2, 0.25) is 0 Å². The van der Waals surface area contributed by atoms with Gasteiger partial charge in [0.1, 0.15) is 11.6 Å². The Bertz CT molecular complexity index is 412. The molecule has 0 saturated carbocycles. The van der Waals surface area contributed by atoms with Gasteiger partial charge < -0.3 is 15.7 Å². The number of amides is 1. The molecule has 0 fully saturated rings. The number of hydrogen-bond acceptors (Lipinski definition) is 4. The van der Waals surface area contributed by atoms with Crippen molar-refractivity contribution in [3.63, 3.8) is 0 Å². The average Bonchev–Trinajstić information content (AvgIpc) is 2.36. The molecule has 0 saturated heterocycles. The Morgan fingerprint density at radius 3 is 2.89 bits per heavy atom. The molecule has 0 aliphatic heterocycles. The number of nitrogens with two attached hydrogens (primary N) is 1. The van der Waals surface area contributed by atoms with Crippen molar-refractivity contribution in [3.05, 3.63) is 23.6 Å². The number of aromatic nitrogens is 1. The topological polar surface area (TPSA) is 79.5 Å². The number of rotatable bonds is 6. The van der Waals surface area contributed by atoms with Gasteiger partial charge in [0.25, 0.3) is 5.91 Å². The fourth-order valence-electron chi connectivity index (χ4n) is 1.58. The van der Waals surface area contributed by atoms with E-state index in [4.69, 9.17) is 10.8 Å². The maximum atomic E-state index is 13.1. The lowest BCUT2D eigenvalue weighted by molar-refractivity contribution is 0.0719. The first-order valence-corrected chi connectivity index (χ1v) is 5.91. The summed E-state index contributed by atoms with van der Waals surface area (Å²) in [6.07, 6.45) is 2.70. The van der Waals surface area contributed by atoms with Gasteiger partial charge in [0.05, 0.1) is 18.4 Å². The standard InChI is InChI=1S/C12H18FN3O2/c1-2-3-4-16(5-6-17)12(18)10-7-9(13)8-15-11(10)14/h7-8,17H,2-6H2,1H3,(H2,14,15). The fourth-order valence-corrected chi connectivity index (χ4v) is 1.58. The second-order valence-corrected chi connectivity index (χ2v) is 3.96. The molecule has 1 heterocycles. The van der Waals surface area contributed by atoms with E-state index in [0.717, 1.165) is 25.1 Å². The molecular weight excluding hydrogens is 237 g/mol. The van der Waals surface area contributed by atoms with Gasteiger partial charge in [-0.3, -0.25) is 4.79 Å². The van der Waals surface area contributed by atoms with E-state index in [1.54, 1.807) is 0 Å². The van der Waals surface area contributed by atoms with Crippen molar-refractivity contribution in [1.29, 1.82) is 0 Å². The molecule has 0 aromatic carbocycles. The number of aliphatic hydroxyl groups excluding tert-OH is 1. The minimum atomic E-state index is -0.605. The third kappa shape index (κ3) is 3.66. The molecule has 0 spiro atoms. The molecule has 0 atom stereocenters. The predicted molar refractivity (Wildman–Crippen MR) is 66.5 cm³/mol. The van der Waals surface area contributed by atoms with E-state index in [2.05, 4.69) is 4.98 Å². The molecule has 0 aliphatic carbocycles. The highest BCUT2D eigenvalue weighted by molar-refractivity contribution is 5.98. The molecule has 0 aliphatic rings. The summed E-state index contributed by atoms with van der Waals surface area (Å²) < 4.78 is 13.1. The number of aliphatic hydroxyl groups is 1. The van der Waals surface area contributed by atoms with E-state index < -0.39 is 11.7 Å². The van der Waals surface area contributed by atoms with E-state index >= 15 is 0 Å². The lowest BCUT2D eigenvalue weighted by atomic mass is 10.2. The van der Waals surface area contributed by atoms with E-state index in [1.807, 2.05) is 6.92 Å². The van der Waals surface area contributed by atoms with Crippen LogP contribution in [0.4, 0.5) is 10.2 Å². The maximum absolute atomic E-state index is 13.1. The summed E-state index contributed by atoms with van der Waals surface area (Å²) in [5, 5.41) is 8.94. The highest BCUT2D eigenvalue weighted by Crippen LogP contribution is 2.13. The maximum Gasteiger partial charge on any atom is 0.257 e. The molecule has 100 valence electrons. The van der Waals surface area contributed by atoms with Gasteiger partial charge >= 0.3 is 0 Å². The van der Waals surface area contributed by atoms with Crippen LogP contribution in [0.3, 0.4) is 0 Å². The quantitative estimate of drug-likeness (QED) is 0.796. The van der Waals surface area contributed by atoms with Crippen molar-refractivity contribution in [2.45, 2.75) is 19.8 Å². The molecule has 6 heteroatoms. The number of unbranched alkanes of at least 4 members (excludes halogenated alkanes) is 1. The minimum absolute atomic E-state index is 0.000776.